The van der Waals surface area contributed by atoms with Crippen LogP contribution in [0, 0.1) is 5.41 Å². The van der Waals surface area contributed by atoms with Crippen LogP contribution in [0.2, 0.25) is 0 Å². The van der Waals surface area contributed by atoms with E-state index in [0.29, 0.717) is 42.3 Å². The van der Waals surface area contributed by atoms with Crippen molar-refractivity contribution in [3.63, 3.8) is 0 Å². The molecule has 2 aliphatic rings. The number of nitrogens with zero attached hydrogens (tertiary/aromatic N) is 1. The molecule has 2 aromatic carbocycles. The Bertz CT molecular complexity index is 1180. The Morgan fingerprint density at radius 3 is 2.85 bits per heavy atom. The van der Waals surface area contributed by atoms with Gasteiger partial charge < -0.3 is 20.1 Å². The summed E-state index contributed by atoms with van der Waals surface area (Å²) < 4.78 is 12.8. The number of thiophene rings is 1. The molecule has 4 N–H and O–H groups in total. The van der Waals surface area contributed by atoms with Crippen LogP contribution in [-0.2, 0) is 15.3 Å². The number of nitrogen functional groups attached to an aromatic ring is 1. The first-order valence-electron chi connectivity index (χ1n) is 11.2. The van der Waals surface area contributed by atoms with Crippen LogP contribution in [-0.4, -0.2) is 49.9 Å². The van der Waals surface area contributed by atoms with Gasteiger partial charge in [0.05, 0.1) is 29.9 Å². The lowest BCUT2D eigenvalue weighted by Crippen LogP contribution is -2.34. The molecular weight excluding hydrogens is 436 g/mol. The number of hydrogen-bond donors (Lipinski definition) is 3. The first kappa shape index (κ1) is 21.9. The van der Waals surface area contributed by atoms with Crippen molar-refractivity contribution >= 4 is 38.7 Å². The van der Waals surface area contributed by atoms with Gasteiger partial charge in [-0.2, -0.15) is 0 Å². The first-order valence-corrected chi connectivity index (χ1v) is 12.1. The second-order valence-electron chi connectivity index (χ2n) is 8.51. The van der Waals surface area contributed by atoms with Crippen LogP contribution in [0.15, 0.2) is 42.5 Å². The molecule has 8 heteroatoms. The van der Waals surface area contributed by atoms with Crippen molar-refractivity contribution in [2.24, 2.45) is 0 Å². The summed E-state index contributed by atoms with van der Waals surface area (Å²) in [5, 5.41) is 13.5. The van der Waals surface area contributed by atoms with Crippen LogP contribution in [0.3, 0.4) is 0 Å². The number of carbonyl (C=O) groups excluding carboxylic acids is 1. The molecule has 1 unspecified atom stereocenters. The van der Waals surface area contributed by atoms with Gasteiger partial charge in [0.2, 0.25) is 5.91 Å². The van der Waals surface area contributed by atoms with Crippen molar-refractivity contribution in [2.75, 3.05) is 39.1 Å². The summed E-state index contributed by atoms with van der Waals surface area (Å²) >= 11 is 1.57. The number of epoxide rings is 1. The van der Waals surface area contributed by atoms with Crippen molar-refractivity contribution in [3.05, 3.63) is 58.5 Å². The summed E-state index contributed by atoms with van der Waals surface area (Å²) in [4.78, 5) is 14.6. The zero-order valence-electron chi connectivity index (χ0n) is 18.6. The summed E-state index contributed by atoms with van der Waals surface area (Å²) in [5.41, 5.74) is 7.98. The molecule has 3 heterocycles. The molecule has 0 bridgehead atoms. The molecule has 5 rings (SSSR count). The van der Waals surface area contributed by atoms with E-state index < -0.39 is 5.72 Å². The fraction of sp³-hybridized carbons (Fsp3) is 0.360. The number of methoxy groups -OCH3 is 1. The van der Waals surface area contributed by atoms with Gasteiger partial charge in [0.25, 0.3) is 0 Å². The number of carbonyl (C=O) groups is 1. The Kier molecular flexibility index (Phi) is 5.82. The van der Waals surface area contributed by atoms with E-state index in [1.54, 1.807) is 18.4 Å². The number of rotatable bonds is 9. The van der Waals surface area contributed by atoms with E-state index in [1.807, 2.05) is 41.3 Å². The number of nitrogens with two attached hydrogens (primary N) is 1. The molecule has 3 aromatic rings. The molecule has 1 amide bonds. The number of nitrogens with one attached hydrogen (secondary N) is 2. The Balaban J connectivity index is 1.38. The quantitative estimate of drug-likeness (QED) is 0.194. The van der Waals surface area contributed by atoms with Crippen molar-refractivity contribution < 1.29 is 14.3 Å². The third-order valence-electron chi connectivity index (χ3n) is 6.37. The average Bonchev–Trinajstić information content (AvgIpc) is 3.29. The van der Waals surface area contributed by atoms with Gasteiger partial charge in [-0.1, -0.05) is 18.2 Å². The lowest BCUT2D eigenvalue weighted by molar-refractivity contribution is -0.127. The second kappa shape index (κ2) is 8.78. The lowest BCUT2D eigenvalue weighted by atomic mass is 9.97. The third-order valence-corrected chi connectivity index (χ3v) is 7.50. The van der Waals surface area contributed by atoms with E-state index in [2.05, 4.69) is 11.4 Å². The van der Waals surface area contributed by atoms with Crippen molar-refractivity contribution in [2.45, 2.75) is 25.0 Å². The first-order chi connectivity index (χ1) is 16.0. The smallest absolute Gasteiger partial charge is 0.222 e. The van der Waals surface area contributed by atoms with Gasteiger partial charge in [0.15, 0.2) is 5.72 Å². The van der Waals surface area contributed by atoms with E-state index in [4.69, 9.17) is 20.6 Å². The van der Waals surface area contributed by atoms with Gasteiger partial charge >= 0.3 is 0 Å². The minimum atomic E-state index is -0.650. The van der Waals surface area contributed by atoms with Gasteiger partial charge in [-0.3, -0.25) is 15.5 Å². The lowest BCUT2D eigenvalue weighted by Gasteiger charge is -2.22. The zero-order chi connectivity index (χ0) is 23.0. The van der Waals surface area contributed by atoms with Crippen molar-refractivity contribution in [3.8, 4) is 5.75 Å². The molecule has 2 aliphatic heterocycles. The fourth-order valence-electron chi connectivity index (χ4n) is 4.54. The highest BCUT2D eigenvalue weighted by Crippen LogP contribution is 2.44. The largest absolute Gasteiger partial charge is 0.496 e. The van der Waals surface area contributed by atoms with Crippen LogP contribution >= 0.6 is 11.3 Å². The number of hydrogen-bond acceptors (Lipinski definition) is 7. The van der Waals surface area contributed by atoms with E-state index >= 15 is 0 Å². The minimum absolute atomic E-state index is 0.247. The van der Waals surface area contributed by atoms with Gasteiger partial charge in [-0.05, 0) is 49.0 Å². The highest BCUT2D eigenvalue weighted by Gasteiger charge is 2.49. The van der Waals surface area contributed by atoms with Gasteiger partial charge in [0.1, 0.15) is 5.75 Å². The summed E-state index contributed by atoms with van der Waals surface area (Å²) in [6, 6.07) is 13.9. The van der Waals surface area contributed by atoms with Crippen LogP contribution in [0.5, 0.6) is 5.75 Å². The predicted molar refractivity (Wildman–Crippen MR) is 131 cm³/mol. The van der Waals surface area contributed by atoms with E-state index in [-0.39, 0.29) is 5.91 Å². The average molecular weight is 465 g/mol. The predicted octanol–water partition coefficient (Wildman–Crippen LogP) is 3.69. The molecule has 1 atom stereocenters. The Morgan fingerprint density at radius 1 is 1.33 bits per heavy atom. The number of amides is 1. The van der Waals surface area contributed by atoms with E-state index in [1.165, 1.54) is 0 Å². The maximum Gasteiger partial charge on any atom is 0.222 e. The van der Waals surface area contributed by atoms with Gasteiger partial charge in [0, 0.05) is 35.5 Å². The Morgan fingerprint density at radius 2 is 2.15 bits per heavy atom. The molecule has 1 aromatic heterocycles. The van der Waals surface area contributed by atoms with Crippen molar-refractivity contribution in [1.82, 2.24) is 10.2 Å². The monoisotopic (exact) mass is 464 g/mol. The van der Waals surface area contributed by atoms with E-state index in [0.717, 1.165) is 46.5 Å². The molecule has 0 aliphatic carbocycles. The maximum atomic E-state index is 11.8. The second-order valence-corrected chi connectivity index (χ2v) is 9.60. The van der Waals surface area contributed by atoms with Crippen LogP contribution < -0.4 is 15.8 Å². The Hall–Kier alpha value is -2.94. The molecule has 0 radical (unpaired) electrons. The highest BCUT2D eigenvalue weighted by atomic mass is 32.1. The summed E-state index contributed by atoms with van der Waals surface area (Å²) in [7, 11) is 1.61. The molecule has 7 nitrogen and oxygen atoms in total. The summed E-state index contributed by atoms with van der Waals surface area (Å²) in [6.07, 6.45) is 2.47. The number of ether oxygens (including phenoxy) is 2. The third kappa shape index (κ3) is 4.10. The molecule has 0 spiro atoms. The number of benzene rings is 2. The molecule has 2 fully saturated rings. The molecular formula is C25H28N4O3S. The summed E-state index contributed by atoms with van der Waals surface area (Å²) in [5.74, 6) is 0.814. The van der Waals surface area contributed by atoms with Gasteiger partial charge in [-0.15, -0.1) is 11.3 Å². The minimum Gasteiger partial charge on any atom is -0.496 e. The van der Waals surface area contributed by atoms with Crippen LogP contribution in [0.1, 0.15) is 35.3 Å². The fourth-order valence-corrected chi connectivity index (χ4v) is 5.56. The van der Waals surface area contributed by atoms with Gasteiger partial charge in [-0.25, -0.2) is 0 Å². The molecule has 0 saturated carbocycles. The zero-order valence-corrected chi connectivity index (χ0v) is 19.5. The Labute approximate surface area is 197 Å². The molecule has 172 valence electrons. The van der Waals surface area contributed by atoms with Crippen molar-refractivity contribution in [1.29, 1.82) is 5.41 Å². The molecule has 33 heavy (non-hydrogen) atoms. The van der Waals surface area contributed by atoms with Crippen LogP contribution in [0.4, 0.5) is 5.69 Å². The maximum absolute atomic E-state index is 11.8. The number of likely N-dealkylation sites (tertiary alicyclic amines) is 1. The van der Waals surface area contributed by atoms with E-state index in [9.17, 15) is 4.79 Å². The number of fused-ring (bicyclic) bond motifs is 1. The normalized spacial score (nSPS) is 19.9. The highest BCUT2D eigenvalue weighted by molar-refractivity contribution is 7.21. The molecule has 2 saturated heterocycles. The summed E-state index contributed by atoms with van der Waals surface area (Å²) in [6.45, 7) is 2.84. The number of anilines is 1. The topological polar surface area (TPSA) is 104 Å². The SMILES string of the molecule is COc1c(C2(NCCCN3CCCC3=O)CO2)ccc(N)c1C(=N)c1cc2ccccc2s1. The standard InChI is InChI=1S/C25H28N4O3S/c1-31-24-17(25(15-32-25)28-11-5-13-29-12-4-8-21(29)30)9-10-18(26)22(24)23(27)20-14-16-6-2-3-7-19(16)33-20/h2-3,6-7,9-10,14,27-28H,4-5,8,11-13,15,26H2,1H3. The van der Waals surface area contributed by atoms with Crippen LogP contribution in [0.25, 0.3) is 10.1 Å².